The summed E-state index contributed by atoms with van der Waals surface area (Å²) in [6.45, 7) is 0. The van der Waals surface area contributed by atoms with Gasteiger partial charge in [-0.25, -0.2) is 5.43 Å². The Bertz CT molecular complexity index is 722. The van der Waals surface area contributed by atoms with Gasteiger partial charge in [0.2, 0.25) is 0 Å². The maximum Gasteiger partial charge on any atom is 0.276 e. The third kappa shape index (κ3) is 3.33. The van der Waals surface area contributed by atoms with Crippen LogP contribution in [0.4, 0.5) is 0 Å². The highest BCUT2D eigenvalue weighted by atomic mass is 35.5. The molecule has 2 aromatic rings. The topological polar surface area (TPSA) is 63.5 Å². The van der Waals surface area contributed by atoms with Gasteiger partial charge in [0.25, 0.3) is 11.5 Å². The first-order valence-corrected chi connectivity index (χ1v) is 6.20. The summed E-state index contributed by atoms with van der Waals surface area (Å²) in [6, 6.07) is 10.1. The number of aromatic nitrogens is 1. The van der Waals surface area contributed by atoms with Crippen LogP contribution in [-0.4, -0.2) is 16.7 Å². The molecule has 0 saturated carbocycles. The normalized spacial score (nSPS) is 10.7. The van der Waals surface area contributed by atoms with Gasteiger partial charge in [0.15, 0.2) is 0 Å². The van der Waals surface area contributed by atoms with Gasteiger partial charge in [0.05, 0.1) is 6.21 Å². The number of pyridine rings is 1. The van der Waals surface area contributed by atoms with E-state index in [1.54, 1.807) is 43.6 Å². The zero-order chi connectivity index (χ0) is 14.5. The number of carbonyl (C=O) groups excluding carboxylic acids is 1. The summed E-state index contributed by atoms with van der Waals surface area (Å²) in [7, 11) is 1.58. The first-order chi connectivity index (χ1) is 9.58. The van der Waals surface area contributed by atoms with Crippen molar-refractivity contribution in [1.82, 2.24) is 9.99 Å². The van der Waals surface area contributed by atoms with E-state index >= 15 is 0 Å². The second-order valence-electron chi connectivity index (χ2n) is 4.09. The predicted octanol–water partition coefficient (Wildman–Crippen LogP) is 1.80. The highest BCUT2D eigenvalue weighted by Gasteiger charge is 2.09. The molecule has 0 radical (unpaired) electrons. The molecule has 2 rings (SSSR count). The second-order valence-corrected chi connectivity index (χ2v) is 4.53. The molecule has 102 valence electrons. The van der Waals surface area contributed by atoms with E-state index in [0.717, 1.165) is 5.56 Å². The molecule has 0 aliphatic heterocycles. The molecule has 0 fully saturated rings. The van der Waals surface area contributed by atoms with Gasteiger partial charge in [-0.05, 0) is 29.8 Å². The number of aryl methyl sites for hydroxylation is 1. The van der Waals surface area contributed by atoms with Gasteiger partial charge in [-0.2, -0.15) is 5.10 Å². The first-order valence-electron chi connectivity index (χ1n) is 5.82. The minimum absolute atomic E-state index is 0.0400. The number of nitrogens with zero attached hydrogens (tertiary/aromatic N) is 2. The van der Waals surface area contributed by atoms with Gasteiger partial charge >= 0.3 is 0 Å². The van der Waals surface area contributed by atoms with Gasteiger partial charge in [-0.1, -0.05) is 23.7 Å². The molecule has 0 unspecified atom stereocenters. The monoisotopic (exact) mass is 289 g/mol. The molecular formula is C14H12ClN3O2. The number of amides is 1. The molecule has 0 aliphatic rings. The van der Waals surface area contributed by atoms with Crippen LogP contribution in [0.15, 0.2) is 52.5 Å². The van der Waals surface area contributed by atoms with Crippen molar-refractivity contribution >= 4 is 23.7 Å². The van der Waals surface area contributed by atoms with E-state index in [4.69, 9.17) is 11.6 Å². The van der Waals surface area contributed by atoms with E-state index in [0.29, 0.717) is 5.02 Å². The average molecular weight is 290 g/mol. The van der Waals surface area contributed by atoms with Gasteiger partial charge < -0.3 is 4.57 Å². The smallest absolute Gasteiger partial charge is 0.276 e. The predicted molar refractivity (Wildman–Crippen MR) is 78.2 cm³/mol. The zero-order valence-corrected chi connectivity index (χ0v) is 11.5. The molecule has 1 aromatic carbocycles. The lowest BCUT2D eigenvalue weighted by molar-refractivity contribution is 0.0953. The molecule has 1 amide bonds. The van der Waals surface area contributed by atoms with Crippen LogP contribution in [0.1, 0.15) is 15.9 Å². The molecule has 0 atom stereocenters. The van der Waals surface area contributed by atoms with Crippen molar-refractivity contribution in [2.75, 3.05) is 0 Å². The summed E-state index contributed by atoms with van der Waals surface area (Å²) in [4.78, 5) is 23.5. The minimum Gasteiger partial charge on any atom is -0.318 e. The van der Waals surface area contributed by atoms with Crippen molar-refractivity contribution in [1.29, 1.82) is 0 Å². The first kappa shape index (κ1) is 14.0. The third-order valence-electron chi connectivity index (χ3n) is 2.60. The number of hydrogen-bond donors (Lipinski definition) is 1. The van der Waals surface area contributed by atoms with E-state index < -0.39 is 5.91 Å². The summed E-state index contributed by atoms with van der Waals surface area (Å²) in [5, 5.41) is 4.38. The van der Waals surface area contributed by atoms with Crippen LogP contribution in [0.3, 0.4) is 0 Å². The number of halogens is 1. The number of hydrogen-bond acceptors (Lipinski definition) is 3. The Kier molecular flexibility index (Phi) is 4.32. The van der Waals surface area contributed by atoms with Gasteiger partial charge in [-0.15, -0.1) is 0 Å². The lowest BCUT2D eigenvalue weighted by Gasteiger charge is -2.01. The maximum absolute atomic E-state index is 11.8. The molecule has 6 heteroatoms. The summed E-state index contributed by atoms with van der Waals surface area (Å²) < 4.78 is 1.33. The molecule has 0 bridgehead atoms. The molecule has 0 saturated heterocycles. The SMILES string of the molecule is Cn1cccc(C(=O)N/N=C\c2cccc(Cl)c2)c1=O. The van der Waals surface area contributed by atoms with E-state index in [9.17, 15) is 9.59 Å². The maximum atomic E-state index is 11.8. The van der Waals surface area contributed by atoms with Crippen molar-refractivity contribution in [2.24, 2.45) is 12.1 Å². The molecular weight excluding hydrogens is 278 g/mol. The standard InChI is InChI=1S/C14H12ClN3O2/c1-18-7-3-6-12(14(18)20)13(19)17-16-9-10-4-2-5-11(15)8-10/h2-9H,1H3,(H,17,19)/b16-9-. The lowest BCUT2D eigenvalue weighted by atomic mass is 10.2. The highest BCUT2D eigenvalue weighted by molar-refractivity contribution is 6.30. The third-order valence-corrected chi connectivity index (χ3v) is 2.83. The van der Waals surface area contributed by atoms with Crippen molar-refractivity contribution in [3.05, 3.63) is 69.1 Å². The fraction of sp³-hybridized carbons (Fsp3) is 0.0714. The fourth-order valence-electron chi connectivity index (χ4n) is 1.58. The molecule has 20 heavy (non-hydrogen) atoms. The molecule has 0 spiro atoms. The largest absolute Gasteiger partial charge is 0.318 e. The Labute approximate surface area is 120 Å². The Morgan fingerprint density at radius 1 is 1.35 bits per heavy atom. The van der Waals surface area contributed by atoms with E-state index in [-0.39, 0.29) is 11.1 Å². The van der Waals surface area contributed by atoms with Crippen molar-refractivity contribution in [3.8, 4) is 0 Å². The average Bonchev–Trinajstić information content (AvgIpc) is 2.42. The molecule has 5 nitrogen and oxygen atoms in total. The van der Waals surface area contributed by atoms with Gasteiger partial charge in [-0.3, -0.25) is 9.59 Å². The minimum atomic E-state index is -0.551. The highest BCUT2D eigenvalue weighted by Crippen LogP contribution is 2.08. The van der Waals surface area contributed by atoms with Crippen molar-refractivity contribution in [2.45, 2.75) is 0 Å². The van der Waals surface area contributed by atoms with Crippen molar-refractivity contribution in [3.63, 3.8) is 0 Å². The Balaban J connectivity index is 2.09. The molecule has 1 aromatic heterocycles. The van der Waals surface area contributed by atoms with Crippen LogP contribution in [0.2, 0.25) is 5.02 Å². The summed E-state index contributed by atoms with van der Waals surface area (Å²) in [6.07, 6.45) is 3.03. The van der Waals surface area contributed by atoms with Crippen LogP contribution in [0, 0.1) is 0 Å². The summed E-state index contributed by atoms with van der Waals surface area (Å²) in [5.41, 5.74) is 2.73. The van der Waals surface area contributed by atoms with Gasteiger partial charge in [0.1, 0.15) is 5.56 Å². The zero-order valence-electron chi connectivity index (χ0n) is 10.7. The number of rotatable bonds is 3. The molecule has 1 N–H and O–H groups in total. The van der Waals surface area contributed by atoms with Crippen molar-refractivity contribution < 1.29 is 4.79 Å². The summed E-state index contributed by atoms with van der Waals surface area (Å²) >= 11 is 5.83. The van der Waals surface area contributed by atoms with E-state index in [1.807, 2.05) is 0 Å². The molecule has 0 aliphatic carbocycles. The van der Waals surface area contributed by atoms with Crippen LogP contribution in [-0.2, 0) is 7.05 Å². The van der Waals surface area contributed by atoms with Crippen LogP contribution in [0.5, 0.6) is 0 Å². The second kappa shape index (κ2) is 6.16. The number of benzene rings is 1. The Morgan fingerprint density at radius 3 is 2.90 bits per heavy atom. The van der Waals surface area contributed by atoms with E-state index in [1.165, 1.54) is 16.8 Å². The van der Waals surface area contributed by atoms with Crippen LogP contribution in [0.25, 0.3) is 0 Å². The Morgan fingerprint density at radius 2 is 2.15 bits per heavy atom. The number of hydrazone groups is 1. The molecule has 1 heterocycles. The fourth-order valence-corrected chi connectivity index (χ4v) is 1.78. The quantitative estimate of drug-likeness (QED) is 0.692. The van der Waals surface area contributed by atoms with Gasteiger partial charge in [0, 0.05) is 18.3 Å². The Hall–Kier alpha value is -2.40. The van der Waals surface area contributed by atoms with E-state index in [2.05, 4.69) is 10.5 Å². The number of carbonyl (C=O) groups is 1. The van der Waals surface area contributed by atoms with Crippen LogP contribution >= 0.6 is 11.6 Å². The number of nitrogens with one attached hydrogen (secondary N) is 1. The lowest BCUT2D eigenvalue weighted by Crippen LogP contribution is -2.29. The van der Waals surface area contributed by atoms with Crippen LogP contribution < -0.4 is 11.0 Å². The summed E-state index contributed by atoms with van der Waals surface area (Å²) in [5.74, 6) is -0.551.